The summed E-state index contributed by atoms with van der Waals surface area (Å²) in [5.41, 5.74) is 0.0258. The highest BCUT2D eigenvalue weighted by Gasteiger charge is 2.37. The lowest BCUT2D eigenvalue weighted by Gasteiger charge is -2.23. The van der Waals surface area contributed by atoms with Crippen molar-refractivity contribution in [2.45, 2.75) is 18.6 Å². The average Bonchev–Trinajstić information content (AvgIpc) is 2.83. The smallest absolute Gasteiger partial charge is 0.121 e. The monoisotopic (exact) mass is 289 g/mol. The minimum absolute atomic E-state index is 0.574. The van der Waals surface area contributed by atoms with E-state index in [1.807, 2.05) is 0 Å². The van der Waals surface area contributed by atoms with E-state index < -0.39 is 5.60 Å². The van der Waals surface area contributed by atoms with Crippen LogP contribution in [-0.2, 0) is 16.9 Å². The lowest BCUT2D eigenvalue weighted by atomic mass is 9.99. The molecule has 2 heterocycles. The SMILES string of the molecule is COCCn1ncc(Br)c1C1(O)CCNC1. The van der Waals surface area contributed by atoms with Gasteiger partial charge in [-0.15, -0.1) is 0 Å². The Bertz CT molecular complexity index is 361. The second kappa shape index (κ2) is 4.83. The summed E-state index contributed by atoms with van der Waals surface area (Å²) < 4.78 is 7.69. The summed E-state index contributed by atoms with van der Waals surface area (Å²) in [5, 5.41) is 17.9. The van der Waals surface area contributed by atoms with Gasteiger partial charge in [-0.2, -0.15) is 5.10 Å². The van der Waals surface area contributed by atoms with Gasteiger partial charge in [0.15, 0.2) is 0 Å². The number of ether oxygens (including phenoxy) is 1. The number of methoxy groups -OCH3 is 1. The second-order valence-electron chi connectivity index (χ2n) is 4.02. The maximum absolute atomic E-state index is 10.5. The lowest BCUT2D eigenvalue weighted by molar-refractivity contribution is 0.0464. The van der Waals surface area contributed by atoms with Crippen LogP contribution in [0.1, 0.15) is 12.1 Å². The first-order valence-corrected chi connectivity index (χ1v) is 6.10. The minimum atomic E-state index is -0.816. The third-order valence-electron chi connectivity index (χ3n) is 2.88. The average molecular weight is 290 g/mol. The van der Waals surface area contributed by atoms with Gasteiger partial charge in [0.05, 0.1) is 29.5 Å². The Balaban J connectivity index is 2.27. The van der Waals surface area contributed by atoms with Crippen LogP contribution >= 0.6 is 15.9 Å². The van der Waals surface area contributed by atoms with E-state index in [1.165, 1.54) is 0 Å². The molecule has 1 aromatic rings. The highest BCUT2D eigenvalue weighted by Crippen LogP contribution is 2.32. The first kappa shape index (κ1) is 12.0. The predicted molar refractivity (Wildman–Crippen MR) is 63.2 cm³/mol. The van der Waals surface area contributed by atoms with Gasteiger partial charge in [-0.3, -0.25) is 4.68 Å². The molecule has 0 saturated carbocycles. The first-order valence-electron chi connectivity index (χ1n) is 5.31. The van der Waals surface area contributed by atoms with Crippen molar-refractivity contribution >= 4 is 15.9 Å². The van der Waals surface area contributed by atoms with E-state index in [0.717, 1.165) is 16.7 Å². The van der Waals surface area contributed by atoms with Crippen molar-refractivity contribution in [3.05, 3.63) is 16.4 Å². The van der Waals surface area contributed by atoms with Gasteiger partial charge in [-0.25, -0.2) is 0 Å². The molecular weight excluding hydrogens is 274 g/mol. The fraction of sp³-hybridized carbons (Fsp3) is 0.700. The third kappa shape index (κ3) is 2.15. The Labute approximate surface area is 103 Å². The summed E-state index contributed by atoms with van der Waals surface area (Å²) in [4.78, 5) is 0. The van der Waals surface area contributed by atoms with E-state index in [9.17, 15) is 5.11 Å². The maximum Gasteiger partial charge on any atom is 0.121 e. The number of halogens is 1. The van der Waals surface area contributed by atoms with Crippen LogP contribution in [0.15, 0.2) is 10.7 Å². The van der Waals surface area contributed by atoms with Gasteiger partial charge in [-0.1, -0.05) is 0 Å². The summed E-state index contributed by atoms with van der Waals surface area (Å²) in [5.74, 6) is 0. The summed E-state index contributed by atoms with van der Waals surface area (Å²) in [6.07, 6.45) is 2.44. The van der Waals surface area contributed by atoms with Crippen molar-refractivity contribution in [2.75, 3.05) is 26.8 Å². The van der Waals surface area contributed by atoms with Crippen LogP contribution in [-0.4, -0.2) is 41.7 Å². The number of nitrogens with zero attached hydrogens (tertiary/aromatic N) is 2. The zero-order chi connectivity index (χ0) is 11.6. The van der Waals surface area contributed by atoms with Crippen LogP contribution in [0.2, 0.25) is 0 Å². The van der Waals surface area contributed by atoms with Gasteiger partial charge in [0.2, 0.25) is 0 Å². The first-order chi connectivity index (χ1) is 7.67. The number of nitrogens with one attached hydrogen (secondary N) is 1. The number of aliphatic hydroxyl groups is 1. The Morgan fingerprint density at radius 3 is 3.19 bits per heavy atom. The standard InChI is InChI=1S/C10H16BrN3O2/c1-16-5-4-14-9(8(11)6-13-14)10(15)2-3-12-7-10/h6,12,15H,2-5,7H2,1H3. The molecule has 0 bridgehead atoms. The predicted octanol–water partition coefficient (Wildman–Crippen LogP) is 0.473. The number of hydrogen-bond donors (Lipinski definition) is 2. The molecular formula is C10H16BrN3O2. The van der Waals surface area contributed by atoms with Crippen molar-refractivity contribution in [2.24, 2.45) is 0 Å². The zero-order valence-electron chi connectivity index (χ0n) is 9.24. The summed E-state index contributed by atoms with van der Waals surface area (Å²) in [6, 6.07) is 0. The van der Waals surface area contributed by atoms with E-state index in [0.29, 0.717) is 26.1 Å². The molecule has 6 heteroatoms. The molecule has 16 heavy (non-hydrogen) atoms. The fourth-order valence-corrected chi connectivity index (χ4v) is 2.72. The van der Waals surface area contributed by atoms with Gasteiger partial charge in [-0.05, 0) is 28.9 Å². The van der Waals surface area contributed by atoms with Crippen LogP contribution < -0.4 is 5.32 Å². The number of aromatic nitrogens is 2. The van der Waals surface area contributed by atoms with E-state index in [4.69, 9.17) is 4.74 Å². The molecule has 1 unspecified atom stereocenters. The normalized spacial score (nSPS) is 25.2. The molecule has 1 saturated heterocycles. The van der Waals surface area contributed by atoms with Crippen LogP contribution in [0, 0.1) is 0 Å². The maximum atomic E-state index is 10.5. The van der Waals surface area contributed by atoms with E-state index in [2.05, 4.69) is 26.3 Å². The molecule has 1 aliphatic rings. The van der Waals surface area contributed by atoms with Crippen molar-refractivity contribution < 1.29 is 9.84 Å². The number of rotatable bonds is 4. The summed E-state index contributed by atoms with van der Waals surface area (Å²) >= 11 is 3.44. The molecule has 5 nitrogen and oxygen atoms in total. The fourth-order valence-electron chi connectivity index (χ4n) is 2.05. The van der Waals surface area contributed by atoms with Gasteiger partial charge in [0, 0.05) is 13.7 Å². The van der Waals surface area contributed by atoms with Crippen LogP contribution in [0.3, 0.4) is 0 Å². The lowest BCUT2D eigenvalue weighted by Crippen LogP contribution is -2.32. The van der Waals surface area contributed by atoms with Gasteiger partial charge in [0.25, 0.3) is 0 Å². The highest BCUT2D eigenvalue weighted by atomic mass is 79.9. The minimum Gasteiger partial charge on any atom is -0.383 e. The van der Waals surface area contributed by atoms with Crippen LogP contribution in [0.5, 0.6) is 0 Å². The quantitative estimate of drug-likeness (QED) is 0.846. The van der Waals surface area contributed by atoms with Crippen LogP contribution in [0.25, 0.3) is 0 Å². The van der Waals surface area contributed by atoms with Crippen molar-refractivity contribution in [3.63, 3.8) is 0 Å². The molecule has 1 aromatic heterocycles. The zero-order valence-corrected chi connectivity index (χ0v) is 10.8. The molecule has 0 spiro atoms. The molecule has 0 radical (unpaired) electrons. The van der Waals surface area contributed by atoms with E-state index >= 15 is 0 Å². The Hall–Kier alpha value is -0.430. The largest absolute Gasteiger partial charge is 0.383 e. The number of β-amino-alcohol motifs (C(OH)–C–C–N with tert-alkyl or cyclic N) is 1. The van der Waals surface area contributed by atoms with Crippen molar-refractivity contribution in [1.82, 2.24) is 15.1 Å². The molecule has 90 valence electrons. The molecule has 0 amide bonds. The summed E-state index contributed by atoms with van der Waals surface area (Å²) in [7, 11) is 1.66. The van der Waals surface area contributed by atoms with E-state index in [-0.39, 0.29) is 0 Å². The summed E-state index contributed by atoms with van der Waals surface area (Å²) in [6.45, 7) is 2.65. The second-order valence-corrected chi connectivity index (χ2v) is 4.87. The third-order valence-corrected chi connectivity index (χ3v) is 3.46. The Morgan fingerprint density at radius 1 is 1.75 bits per heavy atom. The van der Waals surface area contributed by atoms with Crippen molar-refractivity contribution in [3.8, 4) is 0 Å². The van der Waals surface area contributed by atoms with Gasteiger partial charge in [0.1, 0.15) is 5.60 Å². The van der Waals surface area contributed by atoms with Gasteiger partial charge < -0.3 is 15.2 Å². The molecule has 2 rings (SSSR count). The highest BCUT2D eigenvalue weighted by molar-refractivity contribution is 9.10. The van der Waals surface area contributed by atoms with Crippen molar-refractivity contribution in [1.29, 1.82) is 0 Å². The Morgan fingerprint density at radius 2 is 2.56 bits per heavy atom. The van der Waals surface area contributed by atoms with Crippen LogP contribution in [0.4, 0.5) is 0 Å². The topological polar surface area (TPSA) is 59.3 Å². The molecule has 1 aliphatic heterocycles. The molecule has 1 atom stereocenters. The molecule has 0 aliphatic carbocycles. The van der Waals surface area contributed by atoms with Gasteiger partial charge >= 0.3 is 0 Å². The molecule has 0 aromatic carbocycles. The molecule has 1 fully saturated rings. The Kier molecular flexibility index (Phi) is 3.63. The molecule has 2 N–H and O–H groups in total. The number of hydrogen-bond acceptors (Lipinski definition) is 4. The van der Waals surface area contributed by atoms with E-state index in [1.54, 1.807) is 18.0 Å².